The minimum Gasteiger partial charge on any atom is -0.466 e. The van der Waals surface area contributed by atoms with Crippen LogP contribution in [0.2, 0.25) is 0 Å². The summed E-state index contributed by atoms with van der Waals surface area (Å²) in [6.07, 6.45) is 4.76. The zero-order valence-electron chi connectivity index (χ0n) is 20.1. The van der Waals surface area contributed by atoms with Crippen molar-refractivity contribution in [2.75, 3.05) is 24.6 Å². The number of fused-ring (bicyclic) bond motifs is 2. The predicted molar refractivity (Wildman–Crippen MR) is 141 cm³/mol. The van der Waals surface area contributed by atoms with Gasteiger partial charge in [0, 0.05) is 19.3 Å². The number of nitriles is 1. The van der Waals surface area contributed by atoms with Gasteiger partial charge in [-0.05, 0) is 56.5 Å². The second-order valence-corrected chi connectivity index (χ2v) is 9.76. The number of nitrogens with zero attached hydrogens (tertiary/aromatic N) is 5. The molecule has 0 radical (unpaired) electrons. The number of esters is 1. The van der Waals surface area contributed by atoms with Gasteiger partial charge in [-0.3, -0.25) is 14.0 Å². The molecule has 8 nitrogen and oxygen atoms in total. The summed E-state index contributed by atoms with van der Waals surface area (Å²) >= 11 is 1.41. The van der Waals surface area contributed by atoms with Gasteiger partial charge in [-0.25, -0.2) is 9.97 Å². The van der Waals surface area contributed by atoms with Gasteiger partial charge in [-0.1, -0.05) is 18.2 Å². The first-order valence-corrected chi connectivity index (χ1v) is 12.7. The third-order valence-electron chi connectivity index (χ3n) is 6.34. The van der Waals surface area contributed by atoms with Crippen molar-refractivity contribution in [1.82, 2.24) is 14.4 Å². The molecule has 1 aliphatic rings. The fourth-order valence-corrected chi connectivity index (χ4v) is 5.50. The second kappa shape index (κ2) is 9.91. The Kier molecular flexibility index (Phi) is 6.53. The van der Waals surface area contributed by atoms with E-state index in [1.807, 2.05) is 42.2 Å². The lowest BCUT2D eigenvalue weighted by Gasteiger charge is -2.33. The van der Waals surface area contributed by atoms with E-state index in [0.717, 1.165) is 28.6 Å². The lowest BCUT2D eigenvalue weighted by Crippen LogP contribution is -2.41. The van der Waals surface area contributed by atoms with Crippen LogP contribution in [0.4, 0.5) is 5.82 Å². The standard InChI is InChI=1S/C27H25N5O3S/c1-3-35-27(34)18-9-7-12-31(16-18)24-20(26(33)32-13-6-8-17(2)23(32)30-24)14-19(15-28)25-29-21-10-4-5-11-22(21)36-25/h4-6,8,10-11,13-14,18H,3,7,9,12,16H2,1-2H3/b19-14+/t18-/m0/s1. The molecule has 1 aromatic carbocycles. The number of benzene rings is 1. The molecule has 0 bridgehead atoms. The Balaban J connectivity index is 1.67. The number of aryl methyl sites for hydroxylation is 1. The van der Waals surface area contributed by atoms with Crippen LogP contribution >= 0.6 is 11.3 Å². The van der Waals surface area contributed by atoms with Crippen LogP contribution in [0, 0.1) is 24.2 Å². The molecule has 36 heavy (non-hydrogen) atoms. The van der Waals surface area contributed by atoms with E-state index in [1.165, 1.54) is 15.7 Å². The Morgan fingerprint density at radius 2 is 2.11 bits per heavy atom. The van der Waals surface area contributed by atoms with E-state index in [0.29, 0.717) is 47.3 Å². The van der Waals surface area contributed by atoms with E-state index in [4.69, 9.17) is 9.72 Å². The van der Waals surface area contributed by atoms with E-state index < -0.39 is 0 Å². The van der Waals surface area contributed by atoms with E-state index in [9.17, 15) is 14.9 Å². The van der Waals surface area contributed by atoms with Crippen LogP contribution < -0.4 is 10.5 Å². The highest BCUT2D eigenvalue weighted by Gasteiger charge is 2.30. The third kappa shape index (κ3) is 4.36. The number of carbonyl (C=O) groups is 1. The van der Waals surface area contributed by atoms with Crippen LogP contribution in [0.3, 0.4) is 0 Å². The molecule has 182 valence electrons. The number of rotatable bonds is 5. The van der Waals surface area contributed by atoms with E-state index in [-0.39, 0.29) is 17.4 Å². The molecule has 4 aromatic rings. The van der Waals surface area contributed by atoms with Crippen molar-refractivity contribution < 1.29 is 9.53 Å². The van der Waals surface area contributed by atoms with E-state index in [1.54, 1.807) is 25.3 Å². The molecule has 0 spiro atoms. The second-order valence-electron chi connectivity index (χ2n) is 8.73. The largest absolute Gasteiger partial charge is 0.466 e. The fraction of sp³-hybridized carbons (Fsp3) is 0.296. The maximum atomic E-state index is 13.8. The molecule has 9 heteroatoms. The highest BCUT2D eigenvalue weighted by molar-refractivity contribution is 7.19. The Bertz CT molecular complexity index is 1560. The van der Waals surface area contributed by atoms with Gasteiger partial charge in [-0.2, -0.15) is 5.26 Å². The SMILES string of the molecule is CCOC(=O)[C@H]1CCCN(c2nc3c(C)cccn3c(=O)c2/C=C(\C#N)c2nc3ccccc3s2)C1. The molecule has 4 heterocycles. The van der Waals surface area contributed by atoms with E-state index >= 15 is 0 Å². The normalized spacial score (nSPS) is 16.3. The molecule has 0 amide bonds. The van der Waals surface area contributed by atoms with Crippen LogP contribution in [0.5, 0.6) is 0 Å². The van der Waals surface area contributed by atoms with E-state index in [2.05, 4.69) is 11.1 Å². The van der Waals surface area contributed by atoms with Crippen molar-refractivity contribution in [2.24, 2.45) is 5.92 Å². The zero-order chi connectivity index (χ0) is 25.2. The number of ether oxygens (including phenoxy) is 1. The monoisotopic (exact) mass is 499 g/mol. The number of aromatic nitrogens is 3. The van der Waals surface area contributed by atoms with Crippen LogP contribution in [0.1, 0.15) is 35.9 Å². The molecule has 1 atom stereocenters. The van der Waals surface area contributed by atoms with Crippen molar-refractivity contribution in [1.29, 1.82) is 5.26 Å². The summed E-state index contributed by atoms with van der Waals surface area (Å²) in [5, 5.41) is 10.6. The molecular weight excluding hydrogens is 474 g/mol. The summed E-state index contributed by atoms with van der Waals surface area (Å²) in [5.74, 6) is -0.0651. The van der Waals surface area contributed by atoms with Gasteiger partial charge in [0.1, 0.15) is 22.5 Å². The lowest BCUT2D eigenvalue weighted by atomic mass is 9.97. The van der Waals surface area contributed by atoms with Crippen molar-refractivity contribution in [3.05, 3.63) is 69.1 Å². The first kappa shape index (κ1) is 23.7. The Hall–Kier alpha value is -4.03. The molecule has 0 aliphatic carbocycles. The zero-order valence-corrected chi connectivity index (χ0v) is 20.9. The summed E-state index contributed by atoms with van der Waals surface area (Å²) in [5.41, 5.74) is 2.53. The highest BCUT2D eigenvalue weighted by atomic mass is 32.1. The number of hydrogen-bond acceptors (Lipinski definition) is 8. The van der Waals surface area contributed by atoms with Crippen LogP contribution in [-0.4, -0.2) is 40.0 Å². The number of allylic oxidation sites excluding steroid dienone is 1. The number of pyridine rings is 1. The summed E-state index contributed by atoms with van der Waals surface area (Å²) in [7, 11) is 0. The fourth-order valence-electron chi connectivity index (χ4n) is 4.56. The minimum absolute atomic E-state index is 0.236. The summed E-state index contributed by atoms with van der Waals surface area (Å²) < 4.78 is 7.73. The maximum absolute atomic E-state index is 13.8. The quantitative estimate of drug-likeness (QED) is 0.295. The van der Waals surface area contributed by atoms with Crippen LogP contribution in [-0.2, 0) is 9.53 Å². The highest BCUT2D eigenvalue weighted by Crippen LogP contribution is 2.31. The predicted octanol–water partition coefficient (Wildman–Crippen LogP) is 4.46. The Labute approximate surface area is 212 Å². The number of thiazole rings is 1. The average Bonchev–Trinajstić information content (AvgIpc) is 3.33. The van der Waals surface area contributed by atoms with Gasteiger partial charge in [-0.15, -0.1) is 11.3 Å². The molecule has 0 N–H and O–H groups in total. The van der Waals surface area contributed by atoms with Crippen LogP contribution in [0.15, 0.2) is 47.4 Å². The Morgan fingerprint density at radius 3 is 2.89 bits per heavy atom. The van der Waals surface area contributed by atoms with Crippen molar-refractivity contribution in [2.45, 2.75) is 26.7 Å². The number of hydrogen-bond donors (Lipinski definition) is 0. The van der Waals surface area contributed by atoms with Gasteiger partial charge >= 0.3 is 5.97 Å². The number of piperidine rings is 1. The van der Waals surface area contributed by atoms with Gasteiger partial charge in [0.2, 0.25) is 0 Å². The van der Waals surface area contributed by atoms with Crippen molar-refractivity contribution in [3.63, 3.8) is 0 Å². The molecule has 3 aromatic heterocycles. The maximum Gasteiger partial charge on any atom is 0.310 e. The number of para-hydroxylation sites is 1. The first-order chi connectivity index (χ1) is 17.5. The van der Waals surface area contributed by atoms with Crippen molar-refractivity contribution in [3.8, 4) is 6.07 Å². The summed E-state index contributed by atoms with van der Waals surface area (Å²) in [6, 6.07) is 13.6. The number of anilines is 1. The van der Waals surface area contributed by atoms with Gasteiger partial charge in [0.25, 0.3) is 5.56 Å². The lowest BCUT2D eigenvalue weighted by molar-refractivity contribution is -0.148. The van der Waals surface area contributed by atoms with Gasteiger partial charge in [0.15, 0.2) is 0 Å². The summed E-state index contributed by atoms with van der Waals surface area (Å²) in [4.78, 5) is 37.7. The average molecular weight is 500 g/mol. The topological polar surface area (TPSA) is 101 Å². The van der Waals surface area contributed by atoms with Crippen molar-refractivity contribution >= 4 is 50.6 Å². The molecular formula is C27H25N5O3S. The Morgan fingerprint density at radius 1 is 1.28 bits per heavy atom. The van der Waals surface area contributed by atoms with Gasteiger partial charge < -0.3 is 9.64 Å². The van der Waals surface area contributed by atoms with Gasteiger partial charge in [0.05, 0.1) is 33.9 Å². The minimum atomic E-state index is -0.299. The molecule has 1 fully saturated rings. The third-order valence-corrected chi connectivity index (χ3v) is 7.41. The molecule has 5 rings (SSSR count). The molecule has 1 saturated heterocycles. The molecule has 0 saturated carbocycles. The smallest absolute Gasteiger partial charge is 0.310 e. The summed E-state index contributed by atoms with van der Waals surface area (Å²) in [6.45, 7) is 5.07. The molecule has 1 aliphatic heterocycles. The molecule has 0 unspecified atom stereocenters. The van der Waals surface area contributed by atoms with Crippen LogP contribution in [0.25, 0.3) is 27.5 Å². The number of carbonyl (C=O) groups excluding carboxylic acids is 1. The first-order valence-electron chi connectivity index (χ1n) is 11.9.